The van der Waals surface area contributed by atoms with E-state index in [0.29, 0.717) is 5.69 Å². The molecule has 0 aliphatic heterocycles. The average Bonchev–Trinajstić information content (AvgIpc) is 2.27. The fourth-order valence-electron chi connectivity index (χ4n) is 1.59. The lowest BCUT2D eigenvalue weighted by molar-refractivity contribution is 0.0431. The highest BCUT2D eigenvalue weighted by Gasteiger charge is 2.33. The maximum Gasteiger partial charge on any atom is 0.424 e. The van der Waals surface area contributed by atoms with E-state index in [-0.39, 0.29) is 10.7 Å². The van der Waals surface area contributed by atoms with Crippen molar-refractivity contribution < 1.29 is 19.1 Å². The minimum atomic E-state index is -0.876. The Bertz CT molecular complexity index is 575. The molecule has 7 heteroatoms. The summed E-state index contributed by atoms with van der Waals surface area (Å²) in [5.74, 6) is 0. The summed E-state index contributed by atoms with van der Waals surface area (Å²) in [7, 11) is 0. The van der Waals surface area contributed by atoms with Crippen molar-refractivity contribution in [1.82, 2.24) is 0 Å². The molecule has 2 N–H and O–H groups in total. The third kappa shape index (κ3) is 5.98. The van der Waals surface area contributed by atoms with Crippen LogP contribution in [0.15, 0.2) is 18.2 Å². The second-order valence-corrected chi connectivity index (χ2v) is 7.41. The second kappa shape index (κ2) is 6.66. The number of ether oxygens (including phenoxy) is 2. The van der Waals surface area contributed by atoms with Gasteiger partial charge in [0.15, 0.2) is 0 Å². The van der Waals surface area contributed by atoms with Gasteiger partial charge in [-0.15, -0.1) is 0 Å². The normalized spacial score (nSPS) is 11.8. The van der Waals surface area contributed by atoms with Crippen molar-refractivity contribution in [1.29, 1.82) is 0 Å². The summed E-state index contributed by atoms with van der Waals surface area (Å²) in [6.07, 6.45) is -1.75. The van der Waals surface area contributed by atoms with Gasteiger partial charge in [-0.05, 0) is 59.7 Å². The molecule has 128 valence electrons. The smallest absolute Gasteiger partial charge is 0.424 e. The molecule has 0 saturated heterocycles. The summed E-state index contributed by atoms with van der Waals surface area (Å²) < 4.78 is 10.5. The number of benzene rings is 1. The van der Waals surface area contributed by atoms with Crippen LogP contribution >= 0.6 is 11.6 Å². The Hall–Kier alpha value is -1.95. The summed E-state index contributed by atoms with van der Waals surface area (Å²) in [6, 6.07) is 4.44. The van der Waals surface area contributed by atoms with Gasteiger partial charge in [0.25, 0.3) is 0 Å². The molecular weight excluding hydrogens is 320 g/mol. The molecule has 0 atom stereocenters. The molecule has 0 bridgehead atoms. The van der Waals surface area contributed by atoms with Crippen LogP contribution in [0.3, 0.4) is 0 Å². The molecule has 0 radical (unpaired) electrons. The van der Waals surface area contributed by atoms with Crippen LogP contribution in [-0.4, -0.2) is 23.4 Å². The number of nitrogen functional groups attached to an aromatic ring is 1. The minimum Gasteiger partial charge on any atom is -0.443 e. The number of amides is 2. The van der Waals surface area contributed by atoms with Gasteiger partial charge < -0.3 is 15.2 Å². The maximum absolute atomic E-state index is 12.4. The number of nitrogens with zero attached hydrogens (tertiary/aromatic N) is 1. The van der Waals surface area contributed by atoms with Gasteiger partial charge in [0.1, 0.15) is 11.2 Å². The molecule has 0 aromatic heterocycles. The van der Waals surface area contributed by atoms with Gasteiger partial charge in [0, 0.05) is 5.69 Å². The summed E-state index contributed by atoms with van der Waals surface area (Å²) in [5, 5.41) is 0.140. The third-order valence-electron chi connectivity index (χ3n) is 2.36. The fraction of sp³-hybridized carbons (Fsp3) is 0.500. The van der Waals surface area contributed by atoms with Gasteiger partial charge in [0.2, 0.25) is 0 Å². The van der Waals surface area contributed by atoms with Crippen molar-refractivity contribution in [2.45, 2.75) is 52.7 Å². The first-order valence-corrected chi connectivity index (χ1v) is 7.49. The van der Waals surface area contributed by atoms with Gasteiger partial charge >= 0.3 is 12.2 Å². The molecular formula is C16H23ClN2O4. The lowest BCUT2D eigenvalue weighted by Crippen LogP contribution is -2.44. The van der Waals surface area contributed by atoms with Crippen LogP contribution < -0.4 is 10.6 Å². The summed E-state index contributed by atoms with van der Waals surface area (Å²) in [5.41, 5.74) is 4.64. The van der Waals surface area contributed by atoms with E-state index >= 15 is 0 Å². The van der Waals surface area contributed by atoms with Gasteiger partial charge in [-0.2, -0.15) is 4.90 Å². The average molecular weight is 343 g/mol. The molecule has 0 spiro atoms. The zero-order valence-electron chi connectivity index (χ0n) is 14.3. The number of anilines is 2. The number of carbonyl (C=O) groups excluding carboxylic acids is 2. The number of carbonyl (C=O) groups is 2. The maximum atomic E-state index is 12.4. The monoisotopic (exact) mass is 342 g/mol. The quantitative estimate of drug-likeness (QED) is 0.754. The molecule has 0 heterocycles. The van der Waals surface area contributed by atoms with Crippen LogP contribution in [0, 0.1) is 0 Å². The molecule has 0 unspecified atom stereocenters. The zero-order chi connectivity index (χ0) is 18.0. The van der Waals surface area contributed by atoms with E-state index in [9.17, 15) is 9.59 Å². The SMILES string of the molecule is CC(C)(C)OC(=O)N(C(=O)OC(C)(C)C)c1ccc(N)cc1Cl. The van der Waals surface area contributed by atoms with Crippen LogP contribution in [0.2, 0.25) is 5.02 Å². The molecule has 0 aliphatic rings. The summed E-state index contributed by atoms with van der Waals surface area (Å²) >= 11 is 6.12. The van der Waals surface area contributed by atoms with E-state index in [1.54, 1.807) is 41.5 Å². The van der Waals surface area contributed by atoms with Crippen LogP contribution in [0.25, 0.3) is 0 Å². The number of hydrogen-bond donors (Lipinski definition) is 1. The Morgan fingerprint density at radius 2 is 1.43 bits per heavy atom. The molecule has 2 amide bonds. The minimum absolute atomic E-state index is 0.140. The van der Waals surface area contributed by atoms with Gasteiger partial charge in [-0.25, -0.2) is 9.59 Å². The first-order valence-electron chi connectivity index (χ1n) is 7.11. The lowest BCUT2D eigenvalue weighted by Gasteiger charge is -2.29. The van der Waals surface area contributed by atoms with Crippen molar-refractivity contribution in [2.75, 3.05) is 10.6 Å². The van der Waals surface area contributed by atoms with Gasteiger partial charge in [0.05, 0.1) is 10.7 Å². The topological polar surface area (TPSA) is 81.9 Å². The molecule has 0 aliphatic carbocycles. The highest BCUT2D eigenvalue weighted by molar-refractivity contribution is 6.35. The number of nitrogens with two attached hydrogens (primary N) is 1. The Labute approximate surface area is 141 Å². The molecule has 1 aromatic rings. The number of halogens is 1. The number of rotatable bonds is 1. The first kappa shape index (κ1) is 19.1. The highest BCUT2D eigenvalue weighted by Crippen LogP contribution is 2.30. The lowest BCUT2D eigenvalue weighted by atomic mass is 10.2. The van der Waals surface area contributed by atoms with E-state index < -0.39 is 23.4 Å². The van der Waals surface area contributed by atoms with Crippen molar-refractivity contribution >= 4 is 35.2 Å². The second-order valence-electron chi connectivity index (χ2n) is 7.01. The van der Waals surface area contributed by atoms with Crippen LogP contribution in [0.5, 0.6) is 0 Å². The standard InChI is InChI=1S/C16H23ClN2O4/c1-15(2,3)22-13(20)19(14(21)23-16(4,5)6)12-8-7-10(18)9-11(12)17/h7-9H,18H2,1-6H3. The van der Waals surface area contributed by atoms with Gasteiger partial charge in [-0.1, -0.05) is 11.6 Å². The van der Waals surface area contributed by atoms with E-state index in [1.807, 2.05) is 0 Å². The molecule has 23 heavy (non-hydrogen) atoms. The van der Waals surface area contributed by atoms with Gasteiger partial charge in [-0.3, -0.25) is 0 Å². The number of hydrogen-bond acceptors (Lipinski definition) is 5. The highest BCUT2D eigenvalue weighted by atomic mass is 35.5. The van der Waals surface area contributed by atoms with E-state index in [4.69, 9.17) is 26.8 Å². The Morgan fingerprint density at radius 3 is 1.78 bits per heavy atom. The molecule has 0 fully saturated rings. The van der Waals surface area contributed by atoms with Crippen molar-refractivity contribution in [2.24, 2.45) is 0 Å². The predicted molar refractivity (Wildman–Crippen MR) is 90.8 cm³/mol. The third-order valence-corrected chi connectivity index (χ3v) is 2.67. The van der Waals surface area contributed by atoms with Crippen molar-refractivity contribution in [3.05, 3.63) is 23.2 Å². The number of imide groups is 1. The molecule has 1 rings (SSSR count). The molecule has 6 nitrogen and oxygen atoms in total. The van der Waals surface area contributed by atoms with E-state index in [1.165, 1.54) is 18.2 Å². The van der Waals surface area contributed by atoms with Crippen LogP contribution in [-0.2, 0) is 9.47 Å². The summed E-state index contributed by atoms with van der Waals surface area (Å²) in [6.45, 7) is 10.2. The zero-order valence-corrected chi connectivity index (χ0v) is 15.0. The van der Waals surface area contributed by atoms with Crippen molar-refractivity contribution in [3.63, 3.8) is 0 Å². The predicted octanol–water partition coefficient (Wildman–Crippen LogP) is 4.60. The van der Waals surface area contributed by atoms with E-state index in [2.05, 4.69) is 0 Å². The summed E-state index contributed by atoms with van der Waals surface area (Å²) in [4.78, 5) is 25.6. The van der Waals surface area contributed by atoms with Crippen LogP contribution in [0.1, 0.15) is 41.5 Å². The fourth-order valence-corrected chi connectivity index (χ4v) is 1.86. The molecule has 1 aromatic carbocycles. The van der Waals surface area contributed by atoms with Crippen LogP contribution in [0.4, 0.5) is 21.0 Å². The Balaban J connectivity index is 3.25. The molecule has 0 saturated carbocycles. The first-order chi connectivity index (χ1) is 10.3. The largest absolute Gasteiger partial charge is 0.443 e. The van der Waals surface area contributed by atoms with E-state index in [0.717, 1.165) is 4.90 Å². The Kier molecular flexibility index (Phi) is 5.53. The van der Waals surface area contributed by atoms with Crippen molar-refractivity contribution in [3.8, 4) is 0 Å². The Morgan fingerprint density at radius 1 is 1.00 bits per heavy atom.